The molecule has 1 aliphatic rings. The minimum Gasteiger partial charge on any atom is -0.329 e. The summed E-state index contributed by atoms with van der Waals surface area (Å²) in [5.41, 5.74) is 6.78. The molecule has 1 fully saturated rings. The summed E-state index contributed by atoms with van der Waals surface area (Å²) in [4.78, 5) is 3.98. The zero-order valence-electron chi connectivity index (χ0n) is 12.9. The normalized spacial score (nSPS) is 31.8. The average molecular weight is 280 g/mol. The van der Waals surface area contributed by atoms with E-state index in [2.05, 4.69) is 57.2 Å². The van der Waals surface area contributed by atoms with Gasteiger partial charge in [-0.1, -0.05) is 26.8 Å². The van der Waals surface area contributed by atoms with Gasteiger partial charge in [0.1, 0.15) is 0 Å². The molecule has 3 heteroatoms. The van der Waals surface area contributed by atoms with Crippen molar-refractivity contribution in [2.24, 2.45) is 17.1 Å². The quantitative estimate of drug-likeness (QED) is 0.906. The summed E-state index contributed by atoms with van der Waals surface area (Å²) in [7, 11) is 2.26. The number of thiophene rings is 1. The number of nitrogens with two attached hydrogens (primary N) is 1. The van der Waals surface area contributed by atoms with Crippen LogP contribution in [0.1, 0.15) is 51.5 Å². The molecule has 0 saturated heterocycles. The first kappa shape index (κ1) is 15.0. The van der Waals surface area contributed by atoms with E-state index in [0.717, 1.165) is 6.54 Å². The van der Waals surface area contributed by atoms with Gasteiger partial charge in [-0.15, -0.1) is 11.3 Å². The van der Waals surface area contributed by atoms with E-state index < -0.39 is 0 Å². The Morgan fingerprint density at radius 2 is 2.21 bits per heavy atom. The maximum Gasteiger partial charge on any atom is 0.0416 e. The van der Waals surface area contributed by atoms with Gasteiger partial charge in [-0.05, 0) is 49.6 Å². The lowest BCUT2D eigenvalue weighted by molar-refractivity contribution is 0.0518. The van der Waals surface area contributed by atoms with Gasteiger partial charge in [0.15, 0.2) is 0 Å². The van der Waals surface area contributed by atoms with Crippen LogP contribution in [-0.2, 0) is 0 Å². The third-order valence-corrected chi connectivity index (χ3v) is 6.20. The lowest BCUT2D eigenvalue weighted by atomic mass is 9.84. The molecule has 3 atom stereocenters. The third-order valence-electron chi connectivity index (χ3n) is 5.15. The van der Waals surface area contributed by atoms with E-state index in [4.69, 9.17) is 5.73 Å². The molecule has 0 aromatic carbocycles. The Hall–Kier alpha value is -0.380. The first-order valence-electron chi connectivity index (χ1n) is 7.29. The van der Waals surface area contributed by atoms with E-state index in [9.17, 15) is 0 Å². The summed E-state index contributed by atoms with van der Waals surface area (Å²) in [5.74, 6) is 0.653. The highest BCUT2D eigenvalue weighted by Gasteiger charge is 2.51. The van der Waals surface area contributed by atoms with E-state index >= 15 is 0 Å². The van der Waals surface area contributed by atoms with Crippen LogP contribution in [0.3, 0.4) is 0 Å². The van der Waals surface area contributed by atoms with Crippen molar-refractivity contribution in [3.8, 4) is 0 Å². The van der Waals surface area contributed by atoms with Gasteiger partial charge in [-0.25, -0.2) is 0 Å². The number of rotatable bonds is 4. The van der Waals surface area contributed by atoms with Crippen molar-refractivity contribution in [2.45, 2.75) is 52.1 Å². The molecule has 1 aromatic heterocycles. The predicted octanol–water partition coefficient (Wildman–Crippen LogP) is 3.89. The van der Waals surface area contributed by atoms with Gasteiger partial charge < -0.3 is 5.73 Å². The van der Waals surface area contributed by atoms with Crippen LogP contribution in [0.4, 0.5) is 0 Å². The van der Waals surface area contributed by atoms with Crippen LogP contribution in [0.15, 0.2) is 17.5 Å². The molecule has 0 bridgehead atoms. The van der Waals surface area contributed by atoms with Gasteiger partial charge in [0, 0.05) is 23.0 Å². The summed E-state index contributed by atoms with van der Waals surface area (Å²) in [6, 6.07) is 4.82. The Bertz CT molecular complexity index is 412. The molecule has 1 heterocycles. The highest BCUT2D eigenvalue weighted by atomic mass is 32.1. The molecule has 108 valence electrons. The molecule has 0 spiro atoms. The summed E-state index contributed by atoms with van der Waals surface area (Å²) in [5, 5.41) is 2.16. The Kier molecular flexibility index (Phi) is 4.10. The Labute approximate surface area is 122 Å². The Morgan fingerprint density at radius 1 is 1.53 bits per heavy atom. The fourth-order valence-electron chi connectivity index (χ4n) is 4.09. The first-order valence-corrected chi connectivity index (χ1v) is 8.17. The molecule has 3 unspecified atom stereocenters. The summed E-state index contributed by atoms with van der Waals surface area (Å²) in [6.07, 6.45) is 2.47. The smallest absolute Gasteiger partial charge is 0.0416 e. The predicted molar refractivity (Wildman–Crippen MR) is 84.5 cm³/mol. The number of hydrogen-bond donors (Lipinski definition) is 1. The molecule has 0 aliphatic heterocycles. The van der Waals surface area contributed by atoms with Crippen LogP contribution >= 0.6 is 11.3 Å². The van der Waals surface area contributed by atoms with Gasteiger partial charge in [0.2, 0.25) is 0 Å². The average Bonchev–Trinajstić information content (AvgIpc) is 2.93. The second-order valence-corrected chi connectivity index (χ2v) is 8.04. The van der Waals surface area contributed by atoms with Crippen LogP contribution in [0, 0.1) is 11.3 Å². The van der Waals surface area contributed by atoms with Gasteiger partial charge in [0.05, 0.1) is 0 Å². The van der Waals surface area contributed by atoms with E-state index in [1.807, 2.05) is 11.3 Å². The summed E-state index contributed by atoms with van der Waals surface area (Å²) < 4.78 is 0. The summed E-state index contributed by atoms with van der Waals surface area (Å²) in [6.45, 7) is 10.2. The van der Waals surface area contributed by atoms with E-state index in [-0.39, 0.29) is 5.54 Å². The molecule has 19 heavy (non-hydrogen) atoms. The lowest BCUT2D eigenvalue weighted by Crippen LogP contribution is -2.55. The molecule has 2 rings (SSSR count). The third kappa shape index (κ3) is 2.61. The second-order valence-electron chi connectivity index (χ2n) is 7.06. The molecule has 1 saturated carbocycles. The fraction of sp³-hybridized carbons (Fsp3) is 0.750. The van der Waals surface area contributed by atoms with Gasteiger partial charge in [0.25, 0.3) is 0 Å². The van der Waals surface area contributed by atoms with Crippen LogP contribution < -0.4 is 5.73 Å². The van der Waals surface area contributed by atoms with Crippen molar-refractivity contribution in [2.75, 3.05) is 13.6 Å². The molecule has 0 radical (unpaired) electrons. The van der Waals surface area contributed by atoms with Crippen molar-refractivity contribution >= 4 is 11.3 Å². The maximum atomic E-state index is 6.23. The monoisotopic (exact) mass is 280 g/mol. The molecular formula is C16H28N2S. The van der Waals surface area contributed by atoms with Gasteiger partial charge in [-0.3, -0.25) is 4.90 Å². The molecular weight excluding hydrogens is 252 g/mol. The Morgan fingerprint density at radius 3 is 2.63 bits per heavy atom. The number of likely N-dealkylation sites (N-methyl/N-ethyl adjacent to an activating group) is 1. The number of hydrogen-bond acceptors (Lipinski definition) is 3. The lowest BCUT2D eigenvalue weighted by Gasteiger charge is -2.45. The maximum absolute atomic E-state index is 6.23. The molecule has 2 nitrogen and oxygen atoms in total. The topological polar surface area (TPSA) is 29.3 Å². The van der Waals surface area contributed by atoms with E-state index in [0.29, 0.717) is 17.4 Å². The van der Waals surface area contributed by atoms with Crippen molar-refractivity contribution in [3.05, 3.63) is 22.4 Å². The zero-order valence-corrected chi connectivity index (χ0v) is 13.8. The molecule has 0 amide bonds. The van der Waals surface area contributed by atoms with Crippen LogP contribution in [-0.4, -0.2) is 24.0 Å². The van der Waals surface area contributed by atoms with Crippen molar-refractivity contribution in [1.29, 1.82) is 0 Å². The van der Waals surface area contributed by atoms with Crippen molar-refractivity contribution < 1.29 is 0 Å². The fourth-order valence-corrected chi connectivity index (χ4v) is 4.92. The SMILES string of the molecule is CC(c1cccs1)N(C)C1(CN)CC(C)(C)CC1C. The van der Waals surface area contributed by atoms with Crippen molar-refractivity contribution in [3.63, 3.8) is 0 Å². The molecule has 2 N–H and O–H groups in total. The van der Waals surface area contributed by atoms with Crippen LogP contribution in [0.2, 0.25) is 0 Å². The zero-order chi connectivity index (χ0) is 14.3. The highest BCUT2D eigenvalue weighted by Crippen LogP contribution is 2.51. The molecule has 1 aromatic rings. The standard InChI is InChI=1S/C16H28N2S/c1-12-9-15(3,4)10-16(12,11-17)18(5)13(2)14-7-6-8-19-14/h6-8,12-13H,9-11,17H2,1-5H3. The Balaban J connectivity index is 2.27. The minimum absolute atomic E-state index is 0.146. The minimum atomic E-state index is 0.146. The van der Waals surface area contributed by atoms with Crippen molar-refractivity contribution in [1.82, 2.24) is 4.90 Å². The van der Waals surface area contributed by atoms with E-state index in [1.165, 1.54) is 17.7 Å². The largest absolute Gasteiger partial charge is 0.329 e. The summed E-state index contributed by atoms with van der Waals surface area (Å²) >= 11 is 1.85. The first-order chi connectivity index (χ1) is 8.82. The van der Waals surface area contributed by atoms with Crippen LogP contribution in [0.5, 0.6) is 0 Å². The number of nitrogens with zero attached hydrogens (tertiary/aromatic N) is 1. The highest BCUT2D eigenvalue weighted by molar-refractivity contribution is 7.10. The second kappa shape index (κ2) is 5.19. The van der Waals surface area contributed by atoms with Gasteiger partial charge in [-0.2, -0.15) is 0 Å². The van der Waals surface area contributed by atoms with Crippen LogP contribution in [0.25, 0.3) is 0 Å². The van der Waals surface area contributed by atoms with E-state index in [1.54, 1.807) is 0 Å². The van der Waals surface area contributed by atoms with Gasteiger partial charge >= 0.3 is 0 Å². The molecule has 1 aliphatic carbocycles.